The first-order chi connectivity index (χ1) is 12.8. The summed E-state index contributed by atoms with van der Waals surface area (Å²) in [6.45, 7) is 5.65. The zero-order valence-electron chi connectivity index (χ0n) is 16.4. The van der Waals surface area contributed by atoms with E-state index in [1.54, 1.807) is 20.8 Å². The van der Waals surface area contributed by atoms with Crippen LogP contribution in [0.3, 0.4) is 0 Å². The number of hydrogen-bond acceptors (Lipinski definition) is 4. The number of carbonyl (C=O) groups excluding carboxylic acids is 2. The quantitative estimate of drug-likeness (QED) is 0.556. The molecule has 3 amide bonds. The maximum Gasteiger partial charge on any atom is 0.414 e. The van der Waals surface area contributed by atoms with Crippen LogP contribution in [0.4, 0.5) is 9.59 Å². The number of ether oxygens (including phenoxy) is 1. The van der Waals surface area contributed by atoms with E-state index in [9.17, 15) is 9.59 Å². The summed E-state index contributed by atoms with van der Waals surface area (Å²) in [5.74, 6) is 0.0708. The second kappa shape index (κ2) is 9.94. The third-order valence-electron chi connectivity index (χ3n) is 4.05. The van der Waals surface area contributed by atoms with Crippen molar-refractivity contribution in [3.63, 3.8) is 0 Å². The van der Waals surface area contributed by atoms with Crippen LogP contribution in [0.1, 0.15) is 58.4 Å². The lowest BCUT2D eigenvalue weighted by Crippen LogP contribution is -2.51. The molecular formula is C20H30N4O3. The summed E-state index contributed by atoms with van der Waals surface area (Å²) in [5, 5.41) is 8.11. The Morgan fingerprint density at radius 3 is 2.37 bits per heavy atom. The second-order valence-corrected chi connectivity index (χ2v) is 7.71. The maximum absolute atomic E-state index is 12.3. The van der Waals surface area contributed by atoms with Crippen molar-refractivity contribution >= 4 is 18.1 Å². The van der Waals surface area contributed by atoms with Crippen LogP contribution >= 0.6 is 0 Å². The number of benzene rings is 1. The number of carbonyl (C=O) groups is 2. The van der Waals surface area contributed by atoms with Gasteiger partial charge in [-0.05, 0) is 39.2 Å². The minimum Gasteiger partial charge on any atom is -0.444 e. The van der Waals surface area contributed by atoms with Crippen LogP contribution in [0.2, 0.25) is 0 Å². The van der Waals surface area contributed by atoms with E-state index < -0.39 is 11.7 Å². The van der Waals surface area contributed by atoms with E-state index in [-0.39, 0.29) is 18.0 Å². The van der Waals surface area contributed by atoms with Crippen LogP contribution in [0, 0.1) is 0 Å². The summed E-state index contributed by atoms with van der Waals surface area (Å²) >= 11 is 0. The van der Waals surface area contributed by atoms with Crippen molar-refractivity contribution in [1.29, 1.82) is 0 Å². The Morgan fingerprint density at radius 2 is 1.74 bits per heavy atom. The highest BCUT2D eigenvalue weighted by Gasteiger charge is 2.20. The Kier molecular flexibility index (Phi) is 7.64. The Hall–Kier alpha value is -2.57. The van der Waals surface area contributed by atoms with Gasteiger partial charge in [0.05, 0.1) is 6.54 Å². The highest BCUT2D eigenvalue weighted by molar-refractivity contribution is 6.02. The molecule has 0 aliphatic heterocycles. The maximum atomic E-state index is 12.3. The van der Waals surface area contributed by atoms with Gasteiger partial charge in [0.15, 0.2) is 0 Å². The molecule has 0 unspecified atom stereocenters. The lowest BCUT2D eigenvalue weighted by molar-refractivity contribution is 0.0561. The van der Waals surface area contributed by atoms with Crippen LogP contribution in [0.25, 0.3) is 0 Å². The summed E-state index contributed by atoms with van der Waals surface area (Å²) in [7, 11) is 0. The monoisotopic (exact) mass is 374 g/mol. The third kappa shape index (κ3) is 8.57. The first-order valence-electron chi connectivity index (χ1n) is 9.48. The second-order valence-electron chi connectivity index (χ2n) is 7.71. The van der Waals surface area contributed by atoms with E-state index in [4.69, 9.17) is 4.74 Å². The molecule has 1 saturated carbocycles. The number of alkyl carbamates (subject to hydrolysis) is 1. The van der Waals surface area contributed by atoms with Gasteiger partial charge >= 0.3 is 12.1 Å². The van der Waals surface area contributed by atoms with Crippen molar-refractivity contribution in [3.8, 4) is 0 Å². The van der Waals surface area contributed by atoms with Crippen LogP contribution < -0.4 is 16.0 Å². The number of urea groups is 1. The van der Waals surface area contributed by atoms with Crippen molar-refractivity contribution in [3.05, 3.63) is 35.9 Å². The predicted octanol–water partition coefficient (Wildman–Crippen LogP) is 3.70. The van der Waals surface area contributed by atoms with Gasteiger partial charge in [-0.1, -0.05) is 49.6 Å². The highest BCUT2D eigenvalue weighted by Crippen LogP contribution is 2.17. The molecule has 0 aromatic heterocycles. The summed E-state index contributed by atoms with van der Waals surface area (Å²) in [6.07, 6.45) is 4.75. The van der Waals surface area contributed by atoms with Crippen molar-refractivity contribution < 1.29 is 14.3 Å². The molecule has 1 aromatic carbocycles. The summed E-state index contributed by atoms with van der Waals surface area (Å²) in [4.78, 5) is 28.7. The molecule has 7 heteroatoms. The lowest BCUT2D eigenvalue weighted by Gasteiger charge is -2.23. The largest absolute Gasteiger partial charge is 0.444 e. The molecule has 1 aliphatic rings. The van der Waals surface area contributed by atoms with Gasteiger partial charge in [0.1, 0.15) is 5.60 Å². The van der Waals surface area contributed by atoms with Crippen molar-refractivity contribution in [2.75, 3.05) is 0 Å². The summed E-state index contributed by atoms with van der Waals surface area (Å²) in [6, 6.07) is 9.39. The number of hydrogen-bond donors (Lipinski definition) is 3. The molecule has 0 spiro atoms. The number of nitrogens with zero attached hydrogens (tertiary/aromatic N) is 1. The fourth-order valence-corrected chi connectivity index (χ4v) is 2.84. The molecule has 0 heterocycles. The molecule has 0 bridgehead atoms. The molecule has 2 rings (SSSR count). The zero-order valence-corrected chi connectivity index (χ0v) is 16.4. The molecule has 0 radical (unpaired) electrons. The smallest absolute Gasteiger partial charge is 0.414 e. The normalized spacial score (nSPS) is 15.7. The van der Waals surface area contributed by atoms with E-state index in [1.165, 1.54) is 6.42 Å². The molecule has 1 aromatic rings. The lowest BCUT2D eigenvalue weighted by atomic mass is 9.96. The number of rotatable bonds is 3. The van der Waals surface area contributed by atoms with E-state index in [2.05, 4.69) is 20.9 Å². The van der Waals surface area contributed by atoms with Gasteiger partial charge in [-0.15, -0.1) is 0 Å². The van der Waals surface area contributed by atoms with Crippen LogP contribution in [0.5, 0.6) is 0 Å². The third-order valence-corrected chi connectivity index (χ3v) is 4.05. The Morgan fingerprint density at radius 1 is 1.07 bits per heavy atom. The standard InChI is InChI=1S/C20H30N4O3/c1-20(2,3)27-19(26)24-17(21-14-15-10-6-4-7-11-15)23-18(25)22-16-12-8-5-9-13-16/h4,6-7,10-11,16H,5,8-9,12-14H2,1-3H3,(H3,21,22,23,24,25,26). The fraction of sp³-hybridized carbons (Fsp3) is 0.550. The summed E-state index contributed by atoms with van der Waals surface area (Å²) < 4.78 is 5.25. The molecular weight excluding hydrogens is 344 g/mol. The van der Waals surface area contributed by atoms with E-state index in [1.807, 2.05) is 30.3 Å². The topological polar surface area (TPSA) is 91.8 Å². The van der Waals surface area contributed by atoms with Gasteiger partial charge in [-0.3, -0.25) is 10.6 Å². The Bertz CT molecular complexity index is 647. The van der Waals surface area contributed by atoms with Gasteiger partial charge < -0.3 is 10.1 Å². The van der Waals surface area contributed by atoms with Crippen molar-refractivity contribution in [2.45, 2.75) is 71.1 Å². The molecule has 1 aliphatic carbocycles. The Balaban J connectivity index is 1.98. The highest BCUT2D eigenvalue weighted by atomic mass is 16.6. The number of amides is 3. The van der Waals surface area contributed by atoms with Gasteiger partial charge in [0, 0.05) is 6.04 Å². The molecule has 7 nitrogen and oxygen atoms in total. The average Bonchev–Trinajstić information content (AvgIpc) is 2.59. The van der Waals surface area contributed by atoms with Crippen LogP contribution in [-0.4, -0.2) is 29.7 Å². The minimum atomic E-state index is -0.660. The Labute approximate surface area is 161 Å². The van der Waals surface area contributed by atoms with Crippen molar-refractivity contribution in [1.82, 2.24) is 16.0 Å². The predicted molar refractivity (Wildman–Crippen MR) is 105 cm³/mol. The molecule has 27 heavy (non-hydrogen) atoms. The zero-order chi connectivity index (χ0) is 19.7. The molecule has 0 saturated heterocycles. The first kappa shape index (κ1) is 20.7. The van der Waals surface area contributed by atoms with E-state index in [0.717, 1.165) is 31.2 Å². The van der Waals surface area contributed by atoms with Gasteiger partial charge in [-0.25, -0.2) is 14.6 Å². The van der Waals surface area contributed by atoms with Gasteiger partial charge in [0.2, 0.25) is 5.96 Å². The fourth-order valence-electron chi connectivity index (χ4n) is 2.84. The van der Waals surface area contributed by atoms with Gasteiger partial charge in [0.25, 0.3) is 0 Å². The van der Waals surface area contributed by atoms with Gasteiger partial charge in [-0.2, -0.15) is 0 Å². The molecule has 3 N–H and O–H groups in total. The number of guanidine groups is 1. The molecule has 148 valence electrons. The van der Waals surface area contributed by atoms with E-state index >= 15 is 0 Å². The van der Waals surface area contributed by atoms with E-state index in [0.29, 0.717) is 6.54 Å². The summed E-state index contributed by atoms with van der Waals surface area (Å²) in [5.41, 5.74) is 0.328. The first-order valence-corrected chi connectivity index (χ1v) is 9.48. The minimum absolute atomic E-state index is 0.0708. The average molecular weight is 374 g/mol. The molecule has 1 fully saturated rings. The molecule has 0 atom stereocenters. The number of aliphatic imine (C=N–C) groups is 1. The van der Waals surface area contributed by atoms with Crippen molar-refractivity contribution in [2.24, 2.45) is 4.99 Å². The number of nitrogens with one attached hydrogen (secondary N) is 3. The van der Waals surface area contributed by atoms with Crippen LogP contribution in [-0.2, 0) is 11.3 Å². The SMILES string of the molecule is CC(C)(C)OC(=O)NC(=NCc1ccccc1)NC(=O)NC1CCCCC1. The van der Waals surface area contributed by atoms with Crippen LogP contribution in [0.15, 0.2) is 35.3 Å².